The van der Waals surface area contributed by atoms with E-state index in [1.54, 1.807) is 16.9 Å². The number of hydrogen-bond acceptors (Lipinski definition) is 4. The molecule has 6 nitrogen and oxygen atoms in total. The number of halogens is 1. The lowest BCUT2D eigenvalue weighted by Crippen LogP contribution is -2.29. The fourth-order valence-electron chi connectivity index (χ4n) is 2.55. The van der Waals surface area contributed by atoms with Crippen LogP contribution in [0.3, 0.4) is 0 Å². The van der Waals surface area contributed by atoms with Crippen LogP contribution < -0.4 is 10.6 Å². The van der Waals surface area contributed by atoms with E-state index in [-0.39, 0.29) is 5.91 Å². The van der Waals surface area contributed by atoms with Crippen molar-refractivity contribution >= 4 is 17.5 Å². The molecule has 0 saturated carbocycles. The summed E-state index contributed by atoms with van der Waals surface area (Å²) in [4.78, 5) is 12.1. The van der Waals surface area contributed by atoms with Gasteiger partial charge in [0.25, 0.3) is 5.91 Å². The van der Waals surface area contributed by atoms with Crippen molar-refractivity contribution in [1.29, 1.82) is 0 Å². The van der Waals surface area contributed by atoms with E-state index in [1.165, 1.54) is 0 Å². The van der Waals surface area contributed by atoms with Crippen molar-refractivity contribution in [3.8, 4) is 0 Å². The van der Waals surface area contributed by atoms with Gasteiger partial charge in [0.1, 0.15) is 0 Å². The van der Waals surface area contributed by atoms with Gasteiger partial charge in [0.05, 0.1) is 12.2 Å². The van der Waals surface area contributed by atoms with Crippen molar-refractivity contribution in [3.05, 3.63) is 46.7 Å². The molecule has 0 aliphatic carbocycles. The number of amides is 1. The average molecular weight is 320 g/mol. The van der Waals surface area contributed by atoms with Crippen molar-refractivity contribution in [2.24, 2.45) is 0 Å². The van der Waals surface area contributed by atoms with Gasteiger partial charge in [-0.2, -0.15) is 0 Å². The maximum Gasteiger partial charge on any atom is 0.273 e. The molecule has 0 bridgehead atoms. The van der Waals surface area contributed by atoms with E-state index < -0.39 is 0 Å². The summed E-state index contributed by atoms with van der Waals surface area (Å²) in [6.45, 7) is 2.36. The number of piperidine rings is 1. The molecule has 7 heteroatoms. The summed E-state index contributed by atoms with van der Waals surface area (Å²) in [7, 11) is 0. The molecule has 0 atom stereocenters. The third-order valence-corrected chi connectivity index (χ3v) is 4.00. The van der Waals surface area contributed by atoms with Gasteiger partial charge < -0.3 is 10.6 Å². The minimum Gasteiger partial charge on any atom is -0.347 e. The van der Waals surface area contributed by atoms with Crippen LogP contribution in [0.5, 0.6) is 0 Å². The molecule has 1 amide bonds. The van der Waals surface area contributed by atoms with Crippen molar-refractivity contribution in [1.82, 2.24) is 25.6 Å². The van der Waals surface area contributed by atoms with Crippen LogP contribution in [0.25, 0.3) is 0 Å². The minimum absolute atomic E-state index is 0.222. The van der Waals surface area contributed by atoms with Gasteiger partial charge in [0.15, 0.2) is 5.69 Å². The topological polar surface area (TPSA) is 71.8 Å². The van der Waals surface area contributed by atoms with Crippen molar-refractivity contribution in [2.75, 3.05) is 13.1 Å². The zero-order valence-corrected chi connectivity index (χ0v) is 12.9. The highest BCUT2D eigenvalue weighted by atomic mass is 35.5. The first kappa shape index (κ1) is 15.0. The predicted octanol–water partition coefficient (Wildman–Crippen LogP) is 1.79. The summed E-state index contributed by atoms with van der Waals surface area (Å²) in [5.74, 6) is -0.222. The summed E-state index contributed by atoms with van der Waals surface area (Å²) in [6.07, 6.45) is 3.74. The first-order valence-electron chi connectivity index (χ1n) is 7.37. The molecule has 0 radical (unpaired) electrons. The number of carbonyl (C=O) groups excluding carboxylic acids is 1. The Morgan fingerprint density at radius 3 is 3.00 bits per heavy atom. The van der Waals surface area contributed by atoms with Gasteiger partial charge in [-0.15, -0.1) is 5.10 Å². The number of nitrogens with one attached hydrogen (secondary N) is 2. The molecule has 1 aromatic carbocycles. The molecule has 3 rings (SSSR count). The van der Waals surface area contributed by atoms with Crippen molar-refractivity contribution in [3.63, 3.8) is 0 Å². The zero-order valence-electron chi connectivity index (χ0n) is 12.1. The quantitative estimate of drug-likeness (QED) is 0.901. The lowest BCUT2D eigenvalue weighted by Gasteiger charge is -2.22. The first-order valence-corrected chi connectivity index (χ1v) is 7.75. The zero-order chi connectivity index (χ0) is 15.4. The van der Waals surface area contributed by atoms with Crippen LogP contribution in [0, 0.1) is 0 Å². The van der Waals surface area contributed by atoms with Gasteiger partial charge in [-0.1, -0.05) is 28.9 Å². The second kappa shape index (κ2) is 6.89. The fourth-order valence-corrected chi connectivity index (χ4v) is 2.76. The van der Waals surface area contributed by atoms with E-state index in [9.17, 15) is 4.79 Å². The van der Waals surface area contributed by atoms with E-state index in [1.807, 2.05) is 18.2 Å². The molecule has 1 aromatic heterocycles. The monoisotopic (exact) mass is 319 g/mol. The molecule has 1 aliphatic rings. The van der Waals surface area contributed by atoms with E-state index in [4.69, 9.17) is 11.6 Å². The minimum atomic E-state index is -0.222. The number of benzene rings is 1. The van der Waals surface area contributed by atoms with E-state index in [0.29, 0.717) is 23.3 Å². The van der Waals surface area contributed by atoms with Crippen molar-refractivity contribution < 1.29 is 4.79 Å². The smallest absolute Gasteiger partial charge is 0.273 e. The molecule has 1 saturated heterocycles. The molecule has 1 aliphatic heterocycles. The maximum atomic E-state index is 12.1. The predicted molar refractivity (Wildman–Crippen MR) is 83.8 cm³/mol. The molecule has 2 heterocycles. The second-order valence-corrected chi connectivity index (χ2v) is 5.81. The number of aromatic nitrogens is 3. The Kier molecular flexibility index (Phi) is 4.70. The second-order valence-electron chi connectivity index (χ2n) is 5.38. The van der Waals surface area contributed by atoms with Gasteiger partial charge in [-0.3, -0.25) is 4.79 Å². The third-order valence-electron chi connectivity index (χ3n) is 3.77. The number of rotatable bonds is 4. The number of nitrogens with zero attached hydrogens (tertiary/aromatic N) is 3. The highest BCUT2D eigenvalue weighted by molar-refractivity contribution is 6.30. The molecule has 1 fully saturated rings. The normalized spacial score (nSPS) is 15.7. The summed E-state index contributed by atoms with van der Waals surface area (Å²) < 4.78 is 1.80. The Morgan fingerprint density at radius 1 is 1.41 bits per heavy atom. The van der Waals surface area contributed by atoms with Crippen molar-refractivity contribution in [2.45, 2.75) is 25.4 Å². The van der Waals surface area contributed by atoms with Crippen LogP contribution in [0.2, 0.25) is 5.02 Å². The van der Waals surface area contributed by atoms with Gasteiger partial charge in [-0.25, -0.2) is 4.68 Å². The summed E-state index contributed by atoms with van der Waals surface area (Å²) in [5, 5.41) is 14.9. The average Bonchev–Trinajstić information content (AvgIpc) is 3.04. The van der Waals surface area contributed by atoms with E-state index in [0.717, 1.165) is 31.5 Å². The largest absolute Gasteiger partial charge is 0.347 e. The van der Waals surface area contributed by atoms with Gasteiger partial charge >= 0.3 is 0 Å². The highest BCUT2D eigenvalue weighted by Crippen LogP contribution is 2.17. The third kappa shape index (κ3) is 3.64. The molecule has 22 heavy (non-hydrogen) atoms. The molecule has 116 valence electrons. The summed E-state index contributed by atoms with van der Waals surface area (Å²) in [6, 6.07) is 7.73. The van der Waals surface area contributed by atoms with Crippen LogP contribution in [-0.4, -0.2) is 34.0 Å². The van der Waals surface area contributed by atoms with Crippen LogP contribution in [0.1, 0.15) is 34.9 Å². The van der Waals surface area contributed by atoms with Crippen LogP contribution in [0.15, 0.2) is 30.5 Å². The molecular formula is C15H18ClN5O. The summed E-state index contributed by atoms with van der Waals surface area (Å²) >= 11 is 5.92. The molecule has 2 N–H and O–H groups in total. The Labute approximate surface area is 133 Å². The lowest BCUT2D eigenvalue weighted by molar-refractivity contribution is 0.0946. The Hall–Kier alpha value is -1.92. The number of carbonyl (C=O) groups is 1. The molecule has 0 unspecified atom stereocenters. The van der Waals surface area contributed by atoms with Gasteiger partial charge in [0, 0.05) is 11.6 Å². The lowest BCUT2D eigenvalue weighted by atomic mass is 10.1. The van der Waals surface area contributed by atoms with Gasteiger partial charge in [-0.05, 0) is 43.6 Å². The Balaban J connectivity index is 1.59. The van der Waals surface area contributed by atoms with Gasteiger partial charge in [0.2, 0.25) is 0 Å². The Bertz CT molecular complexity index is 651. The van der Waals surface area contributed by atoms with E-state index in [2.05, 4.69) is 20.9 Å². The molecular weight excluding hydrogens is 302 g/mol. The molecule has 2 aromatic rings. The van der Waals surface area contributed by atoms with Crippen LogP contribution in [0.4, 0.5) is 0 Å². The maximum absolute atomic E-state index is 12.1. The summed E-state index contributed by atoms with van der Waals surface area (Å²) in [5.41, 5.74) is 1.30. The fraction of sp³-hybridized carbons (Fsp3) is 0.400. The SMILES string of the molecule is O=C(NCc1cccc(Cl)c1)c1cn(C2CCNCC2)nn1. The van der Waals surface area contributed by atoms with Crippen LogP contribution >= 0.6 is 11.6 Å². The standard InChI is InChI=1S/C15H18ClN5O/c16-12-3-1-2-11(8-12)9-18-15(22)14-10-21(20-19-14)13-4-6-17-7-5-13/h1-3,8,10,13,17H,4-7,9H2,(H,18,22). The number of hydrogen-bond donors (Lipinski definition) is 2. The van der Waals surface area contributed by atoms with Crippen LogP contribution in [-0.2, 0) is 6.54 Å². The molecule has 0 spiro atoms. The highest BCUT2D eigenvalue weighted by Gasteiger charge is 2.18. The Morgan fingerprint density at radius 2 is 2.23 bits per heavy atom. The van der Waals surface area contributed by atoms with E-state index >= 15 is 0 Å². The first-order chi connectivity index (χ1) is 10.7.